The minimum Gasteiger partial charge on any atom is -0.490 e. The lowest BCUT2D eigenvalue weighted by Gasteiger charge is -2.15. The number of rotatable bonds is 10. The number of benzene rings is 3. The molecule has 0 aliphatic rings. The van der Waals surface area contributed by atoms with Crippen LogP contribution < -0.4 is 14.2 Å². The maximum atomic E-state index is 11.1. The third-order valence-corrected chi connectivity index (χ3v) is 5.14. The molecule has 0 N–H and O–H groups in total. The molecular formula is C23H20Br2O4. The van der Waals surface area contributed by atoms with E-state index < -0.39 is 0 Å². The van der Waals surface area contributed by atoms with Gasteiger partial charge in [0.2, 0.25) is 0 Å². The van der Waals surface area contributed by atoms with Gasteiger partial charge in [-0.25, -0.2) is 0 Å². The molecule has 0 unspecified atom stereocenters. The number of halogens is 2. The Hall–Kier alpha value is -2.31. The third-order valence-electron chi connectivity index (χ3n) is 4.15. The molecule has 0 radical (unpaired) electrons. The molecule has 150 valence electrons. The number of alkyl halides is 2. The Morgan fingerprint density at radius 2 is 1.31 bits per heavy atom. The summed E-state index contributed by atoms with van der Waals surface area (Å²) < 4.78 is 17.6. The number of carbonyl (C=O) groups is 1. The Bertz CT molecular complexity index is 943. The predicted molar refractivity (Wildman–Crippen MR) is 121 cm³/mol. The third kappa shape index (κ3) is 6.08. The van der Waals surface area contributed by atoms with Gasteiger partial charge in [-0.3, -0.25) is 4.79 Å². The minimum absolute atomic E-state index is 0.0271. The van der Waals surface area contributed by atoms with Gasteiger partial charge in [-0.2, -0.15) is 0 Å². The normalized spacial score (nSPS) is 10.6. The monoisotopic (exact) mass is 518 g/mol. The van der Waals surface area contributed by atoms with Crippen LogP contribution in [0.4, 0.5) is 0 Å². The molecule has 0 heterocycles. The van der Waals surface area contributed by atoms with Crippen molar-refractivity contribution in [2.75, 3.05) is 13.2 Å². The van der Waals surface area contributed by atoms with Crippen LogP contribution in [-0.2, 0) is 6.61 Å². The fraction of sp³-hybridized carbons (Fsp3) is 0.174. The molecule has 6 heteroatoms. The van der Waals surface area contributed by atoms with Gasteiger partial charge in [0.25, 0.3) is 0 Å². The second kappa shape index (κ2) is 11.0. The summed E-state index contributed by atoms with van der Waals surface area (Å²) in [6, 6.07) is 22.6. The molecule has 0 saturated heterocycles. The number of ether oxygens (including phenoxy) is 3. The Kier molecular flexibility index (Phi) is 8.14. The van der Waals surface area contributed by atoms with E-state index in [0.717, 1.165) is 28.9 Å². The lowest BCUT2D eigenvalue weighted by atomic mass is 10.2. The van der Waals surface area contributed by atoms with E-state index in [0.29, 0.717) is 31.1 Å². The molecule has 0 aromatic heterocycles. The molecule has 29 heavy (non-hydrogen) atoms. The standard InChI is InChI=1S/C23H20Br2O4/c24-23(25)19-9-3-6-12-22(19)28-14-13-27-21-11-5-2-8-18(21)16-29-20-10-4-1-7-17(20)15-26/h1-12,15,23H,13-14,16H2. The van der Waals surface area contributed by atoms with Gasteiger partial charge in [0.15, 0.2) is 6.29 Å². The van der Waals surface area contributed by atoms with Crippen LogP contribution in [0.25, 0.3) is 0 Å². The zero-order chi connectivity index (χ0) is 20.5. The molecule has 0 aliphatic carbocycles. The van der Waals surface area contributed by atoms with Crippen molar-refractivity contribution < 1.29 is 19.0 Å². The molecule has 0 aliphatic heterocycles. The molecular weight excluding hydrogens is 500 g/mol. The molecule has 0 saturated carbocycles. The Morgan fingerprint density at radius 3 is 2.03 bits per heavy atom. The zero-order valence-corrected chi connectivity index (χ0v) is 18.8. The van der Waals surface area contributed by atoms with E-state index in [2.05, 4.69) is 31.9 Å². The summed E-state index contributed by atoms with van der Waals surface area (Å²) in [5, 5.41) is 0. The van der Waals surface area contributed by atoms with Crippen LogP contribution in [0.1, 0.15) is 25.2 Å². The molecule has 3 aromatic carbocycles. The fourth-order valence-electron chi connectivity index (χ4n) is 2.72. The van der Waals surface area contributed by atoms with Crippen LogP contribution in [-0.4, -0.2) is 19.5 Å². The Balaban J connectivity index is 1.56. The van der Waals surface area contributed by atoms with E-state index in [1.807, 2.05) is 54.6 Å². The lowest BCUT2D eigenvalue weighted by Crippen LogP contribution is -2.11. The fourth-order valence-corrected chi connectivity index (χ4v) is 3.48. The van der Waals surface area contributed by atoms with Crippen molar-refractivity contribution in [1.29, 1.82) is 0 Å². The van der Waals surface area contributed by atoms with Crippen molar-refractivity contribution in [2.45, 2.75) is 10.3 Å². The first-order valence-electron chi connectivity index (χ1n) is 9.06. The lowest BCUT2D eigenvalue weighted by molar-refractivity contribution is 0.111. The number of aldehydes is 1. The van der Waals surface area contributed by atoms with E-state index in [1.165, 1.54) is 0 Å². The Labute approximate surface area is 187 Å². The first kappa shape index (κ1) is 21.4. The molecule has 0 atom stereocenters. The SMILES string of the molecule is O=Cc1ccccc1OCc1ccccc1OCCOc1ccccc1C(Br)Br. The van der Waals surface area contributed by atoms with Crippen molar-refractivity contribution in [2.24, 2.45) is 0 Å². The van der Waals surface area contributed by atoms with Crippen molar-refractivity contribution in [3.63, 3.8) is 0 Å². The molecule has 0 bridgehead atoms. The minimum atomic E-state index is 0.0271. The van der Waals surface area contributed by atoms with Gasteiger partial charge in [-0.1, -0.05) is 80.4 Å². The van der Waals surface area contributed by atoms with Crippen LogP contribution in [0.5, 0.6) is 17.2 Å². The maximum Gasteiger partial charge on any atom is 0.153 e. The number of hydrogen-bond donors (Lipinski definition) is 0. The van der Waals surface area contributed by atoms with Crippen LogP contribution in [0.3, 0.4) is 0 Å². The maximum absolute atomic E-state index is 11.1. The molecule has 0 fully saturated rings. The van der Waals surface area contributed by atoms with Crippen molar-refractivity contribution in [1.82, 2.24) is 0 Å². The predicted octanol–water partition coefficient (Wildman–Crippen LogP) is 6.32. The molecule has 0 amide bonds. The van der Waals surface area contributed by atoms with E-state index in [-0.39, 0.29) is 3.74 Å². The molecule has 3 aromatic rings. The average Bonchev–Trinajstić information content (AvgIpc) is 2.76. The summed E-state index contributed by atoms with van der Waals surface area (Å²) in [6.45, 7) is 1.11. The number of carbonyl (C=O) groups excluding carboxylic acids is 1. The van der Waals surface area contributed by atoms with E-state index in [9.17, 15) is 4.79 Å². The molecule has 3 rings (SSSR count). The van der Waals surface area contributed by atoms with Gasteiger partial charge in [0, 0.05) is 11.1 Å². The summed E-state index contributed by atoms with van der Waals surface area (Å²) in [5.41, 5.74) is 2.44. The number of para-hydroxylation sites is 3. The summed E-state index contributed by atoms with van der Waals surface area (Å²) in [6.07, 6.45) is 0.789. The quantitative estimate of drug-likeness (QED) is 0.178. The summed E-state index contributed by atoms with van der Waals surface area (Å²) >= 11 is 7.01. The van der Waals surface area contributed by atoms with Gasteiger partial charge in [-0.05, 0) is 24.3 Å². The van der Waals surface area contributed by atoms with Crippen LogP contribution in [0.15, 0.2) is 72.8 Å². The van der Waals surface area contributed by atoms with Crippen molar-refractivity contribution >= 4 is 38.1 Å². The first-order valence-corrected chi connectivity index (χ1v) is 10.9. The van der Waals surface area contributed by atoms with E-state index in [4.69, 9.17) is 14.2 Å². The van der Waals surface area contributed by atoms with Gasteiger partial charge < -0.3 is 14.2 Å². The highest BCUT2D eigenvalue weighted by molar-refractivity contribution is 9.24. The van der Waals surface area contributed by atoms with Gasteiger partial charge in [0.1, 0.15) is 37.1 Å². The zero-order valence-electron chi connectivity index (χ0n) is 15.6. The highest BCUT2D eigenvalue weighted by atomic mass is 79.9. The van der Waals surface area contributed by atoms with Crippen LogP contribution in [0.2, 0.25) is 0 Å². The van der Waals surface area contributed by atoms with Crippen molar-refractivity contribution in [3.05, 3.63) is 89.5 Å². The van der Waals surface area contributed by atoms with Crippen LogP contribution in [0, 0.1) is 0 Å². The second-order valence-electron chi connectivity index (χ2n) is 6.09. The van der Waals surface area contributed by atoms with Crippen molar-refractivity contribution in [3.8, 4) is 17.2 Å². The summed E-state index contributed by atoms with van der Waals surface area (Å²) in [7, 11) is 0. The molecule has 4 nitrogen and oxygen atoms in total. The van der Waals surface area contributed by atoms with Gasteiger partial charge in [0.05, 0.1) is 9.30 Å². The van der Waals surface area contributed by atoms with Crippen LogP contribution >= 0.6 is 31.9 Å². The van der Waals surface area contributed by atoms with Gasteiger partial charge >= 0.3 is 0 Å². The molecule has 0 spiro atoms. The van der Waals surface area contributed by atoms with E-state index in [1.54, 1.807) is 18.2 Å². The second-order valence-corrected chi connectivity index (χ2v) is 9.15. The highest BCUT2D eigenvalue weighted by Gasteiger charge is 2.10. The topological polar surface area (TPSA) is 44.8 Å². The highest BCUT2D eigenvalue weighted by Crippen LogP contribution is 2.35. The summed E-state index contributed by atoms with van der Waals surface area (Å²) in [5.74, 6) is 2.08. The van der Waals surface area contributed by atoms with E-state index >= 15 is 0 Å². The average molecular weight is 520 g/mol. The Morgan fingerprint density at radius 1 is 0.724 bits per heavy atom. The summed E-state index contributed by atoms with van der Waals surface area (Å²) in [4.78, 5) is 11.1. The largest absolute Gasteiger partial charge is 0.490 e. The first-order chi connectivity index (χ1) is 14.2. The smallest absolute Gasteiger partial charge is 0.153 e. The van der Waals surface area contributed by atoms with Gasteiger partial charge in [-0.15, -0.1) is 0 Å². The number of hydrogen-bond acceptors (Lipinski definition) is 4.